The van der Waals surface area contributed by atoms with Crippen molar-refractivity contribution in [2.24, 2.45) is 0 Å². The lowest BCUT2D eigenvalue weighted by Gasteiger charge is -2.34. The third kappa shape index (κ3) is 6.08. The maximum absolute atomic E-state index is 12.4. The predicted octanol–water partition coefficient (Wildman–Crippen LogP) is 4.03. The van der Waals surface area contributed by atoms with E-state index >= 15 is 0 Å². The molecular formula is C26H30N4O2. The van der Waals surface area contributed by atoms with E-state index in [1.807, 2.05) is 48.8 Å². The third-order valence-corrected chi connectivity index (χ3v) is 5.88. The monoisotopic (exact) mass is 430 g/mol. The zero-order chi connectivity index (χ0) is 22.2. The molecule has 0 unspecified atom stereocenters. The number of hydrogen-bond donors (Lipinski definition) is 2. The van der Waals surface area contributed by atoms with E-state index in [1.54, 1.807) is 7.11 Å². The molecule has 166 valence electrons. The fourth-order valence-corrected chi connectivity index (χ4v) is 3.99. The molecule has 0 atom stereocenters. The van der Waals surface area contributed by atoms with Gasteiger partial charge in [0.15, 0.2) is 0 Å². The first-order valence-electron chi connectivity index (χ1n) is 11.1. The molecule has 1 aromatic heterocycles. The minimum absolute atomic E-state index is 0.0241. The molecule has 6 heteroatoms. The molecule has 1 fully saturated rings. The zero-order valence-corrected chi connectivity index (χ0v) is 18.5. The molecule has 2 heterocycles. The number of anilines is 2. The van der Waals surface area contributed by atoms with Crippen LogP contribution in [0.5, 0.6) is 5.75 Å². The number of pyridine rings is 1. The van der Waals surface area contributed by atoms with Crippen molar-refractivity contribution < 1.29 is 9.53 Å². The van der Waals surface area contributed by atoms with Crippen LogP contribution in [-0.2, 0) is 17.8 Å². The highest BCUT2D eigenvalue weighted by atomic mass is 16.5. The van der Waals surface area contributed by atoms with Gasteiger partial charge in [-0.1, -0.05) is 12.1 Å². The van der Waals surface area contributed by atoms with Crippen molar-refractivity contribution in [1.29, 1.82) is 0 Å². The van der Waals surface area contributed by atoms with Gasteiger partial charge >= 0.3 is 0 Å². The summed E-state index contributed by atoms with van der Waals surface area (Å²) in [6.07, 6.45) is 6.25. The Kier molecular flexibility index (Phi) is 7.35. The van der Waals surface area contributed by atoms with Gasteiger partial charge < -0.3 is 20.3 Å². The summed E-state index contributed by atoms with van der Waals surface area (Å²) in [5, 5.41) is 6.64. The molecule has 0 bridgehead atoms. The third-order valence-electron chi connectivity index (χ3n) is 5.88. The Labute approximate surface area is 189 Å². The van der Waals surface area contributed by atoms with Gasteiger partial charge in [-0.2, -0.15) is 0 Å². The SMILES string of the molecule is COc1ccc(CC(=O)Nc2ccc(N3CCC(NCc4ccncc4)CC3)cc2)cc1. The fourth-order valence-electron chi connectivity index (χ4n) is 3.99. The fraction of sp³-hybridized carbons (Fsp3) is 0.308. The molecule has 2 aromatic carbocycles. The van der Waals surface area contributed by atoms with E-state index in [9.17, 15) is 4.79 Å². The highest BCUT2D eigenvalue weighted by Crippen LogP contribution is 2.22. The van der Waals surface area contributed by atoms with Crippen molar-refractivity contribution in [3.63, 3.8) is 0 Å². The standard InChI is InChI=1S/C26H30N4O2/c1-32-25-8-2-20(3-9-25)18-26(31)29-23-4-6-24(7-5-23)30-16-12-22(13-17-30)28-19-21-10-14-27-15-11-21/h2-11,14-15,22,28H,12-13,16-19H2,1H3,(H,29,31). The Bertz CT molecular complexity index is 983. The number of hydrogen-bond acceptors (Lipinski definition) is 5. The minimum atomic E-state index is -0.0241. The lowest BCUT2D eigenvalue weighted by Crippen LogP contribution is -2.42. The van der Waals surface area contributed by atoms with Gasteiger partial charge in [0.1, 0.15) is 5.75 Å². The lowest BCUT2D eigenvalue weighted by molar-refractivity contribution is -0.115. The first kappa shape index (κ1) is 21.8. The number of nitrogens with zero attached hydrogens (tertiary/aromatic N) is 2. The van der Waals surface area contributed by atoms with Gasteiger partial charge in [-0.05, 0) is 72.5 Å². The molecule has 1 aliphatic rings. The van der Waals surface area contributed by atoms with Crippen molar-refractivity contribution in [2.75, 3.05) is 30.4 Å². The Balaban J connectivity index is 1.22. The van der Waals surface area contributed by atoms with Crippen LogP contribution < -0.4 is 20.3 Å². The van der Waals surface area contributed by atoms with Crippen molar-refractivity contribution in [3.8, 4) is 5.75 Å². The Morgan fingerprint density at radius 1 is 0.969 bits per heavy atom. The molecular weight excluding hydrogens is 400 g/mol. The number of amides is 1. The van der Waals surface area contributed by atoms with Gasteiger partial charge in [-0.25, -0.2) is 0 Å². The average molecular weight is 431 g/mol. The van der Waals surface area contributed by atoms with Gasteiger partial charge in [0.05, 0.1) is 13.5 Å². The Hall–Kier alpha value is -3.38. The van der Waals surface area contributed by atoms with Crippen LogP contribution in [0.1, 0.15) is 24.0 Å². The van der Waals surface area contributed by atoms with Gasteiger partial charge in [-0.3, -0.25) is 9.78 Å². The van der Waals surface area contributed by atoms with Crippen LogP contribution in [0.4, 0.5) is 11.4 Å². The maximum atomic E-state index is 12.4. The molecule has 0 spiro atoms. The number of benzene rings is 2. The highest BCUT2D eigenvalue weighted by Gasteiger charge is 2.19. The number of piperidine rings is 1. The number of carbonyl (C=O) groups is 1. The summed E-state index contributed by atoms with van der Waals surface area (Å²) >= 11 is 0. The largest absolute Gasteiger partial charge is 0.497 e. The van der Waals surface area contributed by atoms with E-state index in [2.05, 4.69) is 44.8 Å². The van der Waals surface area contributed by atoms with E-state index in [-0.39, 0.29) is 5.91 Å². The number of ether oxygens (including phenoxy) is 1. The van der Waals surface area contributed by atoms with Gasteiger partial charge in [0.25, 0.3) is 0 Å². The molecule has 0 aliphatic carbocycles. The van der Waals surface area contributed by atoms with E-state index in [4.69, 9.17) is 4.74 Å². The van der Waals surface area contributed by atoms with E-state index in [0.717, 1.165) is 49.5 Å². The van der Waals surface area contributed by atoms with Crippen molar-refractivity contribution in [3.05, 3.63) is 84.2 Å². The van der Waals surface area contributed by atoms with E-state index < -0.39 is 0 Å². The van der Waals surface area contributed by atoms with E-state index in [0.29, 0.717) is 12.5 Å². The van der Waals surface area contributed by atoms with Crippen molar-refractivity contribution in [1.82, 2.24) is 10.3 Å². The molecule has 32 heavy (non-hydrogen) atoms. The molecule has 1 amide bonds. The van der Waals surface area contributed by atoms with Crippen LogP contribution in [0.3, 0.4) is 0 Å². The van der Waals surface area contributed by atoms with Crippen LogP contribution in [0, 0.1) is 0 Å². The van der Waals surface area contributed by atoms with Crippen molar-refractivity contribution in [2.45, 2.75) is 31.8 Å². The summed E-state index contributed by atoms with van der Waals surface area (Å²) in [5.41, 5.74) is 4.25. The normalized spacial score (nSPS) is 14.2. The molecule has 0 radical (unpaired) electrons. The molecule has 4 rings (SSSR count). The summed E-state index contributed by atoms with van der Waals surface area (Å²) in [6.45, 7) is 2.94. The summed E-state index contributed by atoms with van der Waals surface area (Å²) in [5.74, 6) is 0.766. The molecule has 1 aliphatic heterocycles. The smallest absolute Gasteiger partial charge is 0.228 e. The zero-order valence-electron chi connectivity index (χ0n) is 18.5. The average Bonchev–Trinajstić information content (AvgIpc) is 2.85. The van der Waals surface area contributed by atoms with Gasteiger partial charge in [0.2, 0.25) is 5.91 Å². The van der Waals surface area contributed by atoms with Crippen molar-refractivity contribution >= 4 is 17.3 Å². The Morgan fingerprint density at radius 2 is 1.66 bits per heavy atom. The van der Waals surface area contributed by atoms with Crippen LogP contribution in [0.15, 0.2) is 73.1 Å². The summed E-state index contributed by atoms with van der Waals surface area (Å²) in [6, 6.07) is 20.4. The van der Waals surface area contributed by atoms with Gasteiger partial charge in [0, 0.05) is 49.4 Å². The van der Waals surface area contributed by atoms with Gasteiger partial charge in [-0.15, -0.1) is 0 Å². The molecule has 2 N–H and O–H groups in total. The quantitative estimate of drug-likeness (QED) is 0.565. The molecule has 1 saturated heterocycles. The second kappa shape index (κ2) is 10.8. The molecule has 3 aromatic rings. The minimum Gasteiger partial charge on any atom is -0.497 e. The second-order valence-corrected chi connectivity index (χ2v) is 8.12. The number of methoxy groups -OCH3 is 1. The topological polar surface area (TPSA) is 66.5 Å². The maximum Gasteiger partial charge on any atom is 0.228 e. The molecule has 0 saturated carbocycles. The Morgan fingerprint density at radius 3 is 2.31 bits per heavy atom. The van der Waals surface area contributed by atoms with E-state index in [1.165, 1.54) is 11.3 Å². The van der Waals surface area contributed by atoms with Crippen LogP contribution in [0.2, 0.25) is 0 Å². The summed E-state index contributed by atoms with van der Waals surface area (Å²) in [4.78, 5) is 18.8. The first-order valence-corrected chi connectivity index (χ1v) is 11.1. The summed E-state index contributed by atoms with van der Waals surface area (Å²) in [7, 11) is 1.63. The number of nitrogens with one attached hydrogen (secondary N) is 2. The lowest BCUT2D eigenvalue weighted by atomic mass is 10.0. The summed E-state index contributed by atoms with van der Waals surface area (Å²) < 4.78 is 5.16. The van der Waals surface area contributed by atoms with Crippen LogP contribution in [0.25, 0.3) is 0 Å². The number of carbonyl (C=O) groups excluding carboxylic acids is 1. The first-order chi connectivity index (χ1) is 15.7. The van der Waals surface area contributed by atoms with Crippen LogP contribution >= 0.6 is 0 Å². The predicted molar refractivity (Wildman–Crippen MR) is 128 cm³/mol. The highest BCUT2D eigenvalue weighted by molar-refractivity contribution is 5.92. The second-order valence-electron chi connectivity index (χ2n) is 8.12. The van der Waals surface area contributed by atoms with Crippen LogP contribution in [-0.4, -0.2) is 37.1 Å². The molecule has 6 nitrogen and oxygen atoms in total. The number of aromatic nitrogens is 1. The number of rotatable bonds is 8.